The van der Waals surface area contributed by atoms with Gasteiger partial charge in [-0.05, 0) is 0 Å². The zero-order valence-corrected chi connectivity index (χ0v) is 44.3. The fourth-order valence-corrected chi connectivity index (χ4v) is 8.06. The van der Waals surface area contributed by atoms with Gasteiger partial charge in [-0.25, -0.2) is 26.3 Å². The molecular formula is C32H34Br2F38N4O4S2. The van der Waals surface area contributed by atoms with Crippen molar-refractivity contribution < 1.29 is 227 Å². The number of rotatable bonds is 31. The Morgan fingerprint density at radius 2 is 0.402 bits per heavy atom. The average Bonchev–Trinajstić information content (AvgIpc) is 3.23. The number of hydrogen-bond donors (Lipinski definition) is 2. The van der Waals surface area contributed by atoms with E-state index in [1.54, 1.807) is 0 Å². The standard InChI is InChI=1S/C32H34F38N4O4S2.2BrH/c1-73(2,13-7-9-71-79(75,76)31(67,68)27(57,58)23(49,50)19(41,42)15(33,34)17(37,38)21(45,46)25(53,54)29(61,62)63)11-5-6-12-74(3,4)14-8-10-72-80(77,78)32(69,70)28(59,60)24(51,52)20(43,44)16(35,36)18(39,40)22(47,48)26(55,56)30(64,65)66;;/h71-72H,5-14H2,1-4H3;2*1H/q+2;;/p-2. The fourth-order valence-electron chi connectivity index (χ4n) is 5.94. The van der Waals surface area contributed by atoms with Gasteiger partial charge in [-0.2, -0.15) is 167 Å². The maximum Gasteiger partial charge on any atom is 0.460 e. The van der Waals surface area contributed by atoms with Crippen LogP contribution in [0.15, 0.2) is 0 Å². The van der Waals surface area contributed by atoms with E-state index in [0.29, 0.717) is 9.44 Å². The van der Waals surface area contributed by atoms with E-state index in [2.05, 4.69) is 0 Å². The Bertz CT molecular complexity index is 2210. The Hall–Kier alpha value is -1.96. The normalized spacial score (nSPS) is 16.3. The summed E-state index contributed by atoms with van der Waals surface area (Å²) in [6, 6.07) is 0. The fraction of sp³-hybridized carbons (Fsp3) is 1.00. The van der Waals surface area contributed by atoms with E-state index in [0.717, 1.165) is 28.2 Å². The highest BCUT2D eigenvalue weighted by Gasteiger charge is 2.99. The third-order valence-electron chi connectivity index (χ3n) is 11.1. The minimum absolute atomic E-state index is 0. The molecule has 0 atom stereocenters. The van der Waals surface area contributed by atoms with Crippen molar-refractivity contribution >= 4 is 20.0 Å². The number of unbranched alkanes of at least 4 members (excludes halogenated alkanes) is 1. The van der Waals surface area contributed by atoms with E-state index in [1.807, 2.05) is 0 Å². The highest BCUT2D eigenvalue weighted by atomic mass is 79.9. The van der Waals surface area contributed by atoms with Crippen LogP contribution in [-0.2, 0) is 20.0 Å². The molecule has 0 saturated heterocycles. The van der Waals surface area contributed by atoms with E-state index in [-0.39, 0.29) is 59.9 Å². The lowest BCUT2D eigenvalue weighted by atomic mass is 9.89. The lowest BCUT2D eigenvalue weighted by Crippen LogP contribution is -3.00. The molecule has 0 aliphatic heterocycles. The summed E-state index contributed by atoms with van der Waals surface area (Å²) in [4.78, 5) is 0. The second-order valence-electron chi connectivity index (χ2n) is 18.0. The van der Waals surface area contributed by atoms with Gasteiger partial charge in [-0.15, -0.1) is 0 Å². The number of alkyl halides is 38. The van der Waals surface area contributed by atoms with Gasteiger partial charge in [0.05, 0.1) is 54.4 Å². The maximum atomic E-state index is 14.4. The number of nitrogens with one attached hydrogen (secondary N) is 2. The molecule has 0 fully saturated rings. The molecule has 50 heteroatoms. The molecule has 0 spiro atoms. The van der Waals surface area contributed by atoms with Gasteiger partial charge in [-0.1, -0.05) is 0 Å². The number of nitrogens with zero attached hydrogens (tertiary/aromatic N) is 2. The summed E-state index contributed by atoms with van der Waals surface area (Å²) < 4.78 is 564. The smallest absolute Gasteiger partial charge is 0.460 e. The van der Waals surface area contributed by atoms with Crippen molar-refractivity contribution in [2.45, 2.75) is 131 Å². The van der Waals surface area contributed by atoms with Gasteiger partial charge >= 0.3 is 106 Å². The van der Waals surface area contributed by atoms with Gasteiger partial charge < -0.3 is 42.9 Å². The van der Waals surface area contributed by atoms with Gasteiger partial charge in [0.25, 0.3) is 20.0 Å². The molecule has 0 aliphatic carbocycles. The van der Waals surface area contributed by atoms with Gasteiger partial charge in [-0.3, -0.25) is 0 Å². The lowest BCUT2D eigenvalue weighted by Gasteiger charge is -2.43. The van der Waals surface area contributed by atoms with E-state index >= 15 is 0 Å². The Morgan fingerprint density at radius 1 is 0.256 bits per heavy atom. The number of quaternary nitrogens is 2. The molecule has 0 aliphatic rings. The molecule has 498 valence electrons. The Morgan fingerprint density at radius 3 is 0.573 bits per heavy atom. The highest BCUT2D eigenvalue weighted by molar-refractivity contribution is 7.90. The summed E-state index contributed by atoms with van der Waals surface area (Å²) in [5, 5.41) is -15.9. The molecule has 0 bridgehead atoms. The predicted octanol–water partition coefficient (Wildman–Crippen LogP) is 5.75. The average molecular weight is 1480 g/mol. The molecule has 0 amide bonds. The second kappa shape index (κ2) is 23.9. The van der Waals surface area contributed by atoms with E-state index < -0.39 is 174 Å². The van der Waals surface area contributed by atoms with Crippen LogP contribution in [0.4, 0.5) is 167 Å². The van der Waals surface area contributed by atoms with Crippen LogP contribution in [0.1, 0.15) is 25.7 Å². The minimum atomic E-state index is -9.32. The molecule has 0 aromatic rings. The second-order valence-corrected chi connectivity index (χ2v) is 21.7. The third-order valence-corrected chi connectivity index (χ3v) is 14.1. The van der Waals surface area contributed by atoms with Crippen LogP contribution in [0.5, 0.6) is 0 Å². The van der Waals surface area contributed by atoms with Crippen molar-refractivity contribution in [2.75, 3.05) is 67.5 Å². The van der Waals surface area contributed by atoms with Crippen LogP contribution in [0, 0.1) is 0 Å². The van der Waals surface area contributed by atoms with Crippen LogP contribution < -0.4 is 43.4 Å². The molecule has 2 N–H and O–H groups in total. The van der Waals surface area contributed by atoms with Crippen molar-refractivity contribution in [1.29, 1.82) is 0 Å². The van der Waals surface area contributed by atoms with Gasteiger partial charge in [0.15, 0.2) is 0 Å². The summed E-state index contributed by atoms with van der Waals surface area (Å²) in [6.07, 6.45) is -18.4. The molecular weight excluding hydrogens is 1450 g/mol. The van der Waals surface area contributed by atoms with Gasteiger partial charge in [0.2, 0.25) is 0 Å². The molecule has 0 heterocycles. The molecule has 8 nitrogen and oxygen atoms in total. The predicted molar refractivity (Wildman–Crippen MR) is 187 cm³/mol. The lowest BCUT2D eigenvalue weighted by molar-refractivity contribution is -0.896. The van der Waals surface area contributed by atoms with Gasteiger partial charge in [0.1, 0.15) is 0 Å². The summed E-state index contributed by atoms with van der Waals surface area (Å²) in [7, 11) is -10.9. The summed E-state index contributed by atoms with van der Waals surface area (Å²) in [5.41, 5.74) is 0. The molecule has 0 aromatic carbocycles. The zero-order chi connectivity index (χ0) is 65.5. The van der Waals surface area contributed by atoms with Crippen molar-refractivity contribution in [3.63, 3.8) is 0 Å². The highest BCUT2D eigenvalue weighted by Crippen LogP contribution is 2.68. The van der Waals surface area contributed by atoms with Crippen molar-refractivity contribution in [3.05, 3.63) is 0 Å². The minimum Gasteiger partial charge on any atom is -1.00 e. The van der Waals surface area contributed by atoms with Gasteiger partial charge in [0, 0.05) is 38.8 Å². The monoisotopic (exact) mass is 1480 g/mol. The maximum absolute atomic E-state index is 14.4. The van der Waals surface area contributed by atoms with E-state index in [9.17, 15) is 184 Å². The van der Waals surface area contributed by atoms with E-state index in [4.69, 9.17) is 0 Å². The third kappa shape index (κ3) is 13.2. The number of sulfonamides is 2. The Labute approximate surface area is 454 Å². The quantitative estimate of drug-likeness (QED) is 0.0526. The van der Waals surface area contributed by atoms with Crippen LogP contribution in [0.2, 0.25) is 0 Å². The SMILES string of the molecule is C[N+](C)(CCCC[N+](C)(C)CCCNS(=O)(=O)C(F)(F)C(F)(F)C(F)(F)C(F)(F)C(F)(F)C(F)(F)C(F)(F)C(F)(F)C(F)(F)F)CCCNS(=O)(=O)C(F)(F)C(F)(F)C(F)(F)C(F)(F)C(F)(F)C(F)(F)C(F)(F)C(F)(F)C(F)(F)F.[Br-].[Br-]. The molecule has 82 heavy (non-hydrogen) atoms. The van der Waals surface area contributed by atoms with Crippen molar-refractivity contribution in [3.8, 4) is 0 Å². The van der Waals surface area contributed by atoms with Crippen LogP contribution >= 0.6 is 0 Å². The van der Waals surface area contributed by atoms with E-state index in [1.165, 1.54) is 0 Å². The topological polar surface area (TPSA) is 92.3 Å². The first-order valence-corrected chi connectivity index (χ1v) is 22.9. The van der Waals surface area contributed by atoms with Crippen LogP contribution in [0.3, 0.4) is 0 Å². The Balaban J connectivity index is -0.0000312. The number of halogens is 40. The largest absolute Gasteiger partial charge is 1.00 e. The molecule has 0 rings (SSSR count). The first kappa shape index (κ1) is 84.2. The van der Waals surface area contributed by atoms with Crippen LogP contribution in [0.25, 0.3) is 0 Å². The first-order chi connectivity index (χ1) is 34.1. The zero-order valence-electron chi connectivity index (χ0n) is 39.5. The summed E-state index contributed by atoms with van der Waals surface area (Å²) in [6.45, 7) is -4.99. The molecule has 0 radical (unpaired) electrons. The Kier molecular flexibility index (Phi) is 24.5. The summed E-state index contributed by atoms with van der Waals surface area (Å²) in [5.74, 6) is -126. The molecule has 0 aromatic heterocycles. The van der Waals surface area contributed by atoms with Crippen molar-refractivity contribution in [1.82, 2.24) is 9.44 Å². The molecule has 0 saturated carbocycles. The summed E-state index contributed by atoms with van der Waals surface area (Å²) >= 11 is 0. The van der Waals surface area contributed by atoms with Crippen LogP contribution in [-0.4, -0.2) is 199 Å². The first-order valence-electron chi connectivity index (χ1n) is 19.9. The van der Waals surface area contributed by atoms with Crippen molar-refractivity contribution in [2.24, 2.45) is 0 Å². The molecule has 0 unspecified atom stereocenters. The number of hydrogen-bond acceptors (Lipinski definition) is 4.